The summed E-state index contributed by atoms with van der Waals surface area (Å²) in [5, 5.41) is 0.546. The Hall–Kier alpha value is -1.28. The van der Waals surface area contributed by atoms with E-state index in [2.05, 4.69) is 27.6 Å². The van der Waals surface area contributed by atoms with Gasteiger partial charge in [-0.05, 0) is 47.7 Å². The van der Waals surface area contributed by atoms with Gasteiger partial charge in [0.25, 0.3) is 0 Å². The zero-order valence-electron chi connectivity index (χ0n) is 9.94. The number of anilines is 1. The highest BCUT2D eigenvalue weighted by atomic mass is 127. The van der Waals surface area contributed by atoms with Gasteiger partial charge in [0.05, 0.1) is 12.2 Å². The summed E-state index contributed by atoms with van der Waals surface area (Å²) in [6.45, 7) is 1.95. The van der Waals surface area contributed by atoms with E-state index >= 15 is 0 Å². The maximum absolute atomic E-state index is 11.6. The number of hydrogen-bond donors (Lipinski definition) is 1. The van der Waals surface area contributed by atoms with E-state index in [0.29, 0.717) is 10.6 Å². The lowest BCUT2D eigenvalue weighted by atomic mass is 10.2. The van der Waals surface area contributed by atoms with Crippen LogP contribution in [-0.4, -0.2) is 17.6 Å². The van der Waals surface area contributed by atoms with Gasteiger partial charge in [0.2, 0.25) is 17.5 Å². The van der Waals surface area contributed by atoms with Crippen LogP contribution in [0.2, 0.25) is 5.02 Å². The maximum atomic E-state index is 11.6. The van der Waals surface area contributed by atoms with E-state index in [-0.39, 0.29) is 24.1 Å². The first kappa shape index (κ1) is 14.1. The third kappa shape index (κ3) is 3.01. The smallest absolute Gasteiger partial charge is 0.362 e. The fourth-order valence-corrected chi connectivity index (χ4v) is 2.19. The normalized spacial score (nSPS) is 10.5. The molecule has 0 saturated carbocycles. The Morgan fingerprint density at radius 2 is 2.32 bits per heavy atom. The molecule has 1 heterocycles. The SMILES string of the molecule is CCOC(=O)c1nc(-c2cc(Cl)ccc2I)oc1N. The molecule has 19 heavy (non-hydrogen) atoms. The van der Waals surface area contributed by atoms with E-state index in [4.69, 9.17) is 26.5 Å². The number of hydrogen-bond acceptors (Lipinski definition) is 5. The maximum Gasteiger partial charge on any atom is 0.362 e. The molecule has 0 saturated heterocycles. The Bertz CT molecular complexity index is 627. The van der Waals surface area contributed by atoms with Crippen molar-refractivity contribution in [1.29, 1.82) is 0 Å². The minimum Gasteiger partial charge on any atom is -0.461 e. The fraction of sp³-hybridized carbons (Fsp3) is 0.167. The van der Waals surface area contributed by atoms with Gasteiger partial charge in [0.1, 0.15) is 0 Å². The van der Waals surface area contributed by atoms with E-state index in [1.165, 1.54) is 0 Å². The molecular weight excluding hydrogens is 382 g/mol. The molecular formula is C12H10ClIN2O3. The van der Waals surface area contributed by atoms with Crippen LogP contribution in [0.1, 0.15) is 17.4 Å². The molecule has 2 aromatic rings. The van der Waals surface area contributed by atoms with Crippen LogP contribution in [0.5, 0.6) is 0 Å². The van der Waals surface area contributed by atoms with E-state index in [9.17, 15) is 4.79 Å². The molecule has 0 aliphatic carbocycles. The van der Waals surface area contributed by atoms with Gasteiger partial charge in [-0.2, -0.15) is 4.98 Å². The number of benzene rings is 1. The summed E-state index contributed by atoms with van der Waals surface area (Å²) in [7, 11) is 0. The predicted molar refractivity (Wildman–Crippen MR) is 80.0 cm³/mol. The first-order valence-electron chi connectivity index (χ1n) is 5.41. The summed E-state index contributed by atoms with van der Waals surface area (Å²) < 4.78 is 11.0. The van der Waals surface area contributed by atoms with Crippen LogP contribution in [0, 0.1) is 3.57 Å². The summed E-state index contributed by atoms with van der Waals surface area (Å²) in [5.41, 5.74) is 6.29. The van der Waals surface area contributed by atoms with Gasteiger partial charge in [-0.25, -0.2) is 4.79 Å². The molecule has 0 unspecified atom stereocenters. The van der Waals surface area contributed by atoms with Crippen LogP contribution in [0.25, 0.3) is 11.5 Å². The number of aromatic nitrogens is 1. The van der Waals surface area contributed by atoms with Crippen molar-refractivity contribution in [2.45, 2.75) is 6.92 Å². The summed E-state index contributed by atoms with van der Waals surface area (Å²) in [5.74, 6) is -0.427. The number of esters is 1. The van der Waals surface area contributed by atoms with Crippen LogP contribution in [0.4, 0.5) is 5.88 Å². The molecule has 0 aliphatic rings. The van der Waals surface area contributed by atoms with Crippen molar-refractivity contribution < 1.29 is 13.9 Å². The zero-order chi connectivity index (χ0) is 14.0. The molecule has 0 amide bonds. The van der Waals surface area contributed by atoms with Gasteiger partial charge in [-0.3, -0.25) is 0 Å². The fourth-order valence-electron chi connectivity index (χ4n) is 1.45. The Balaban J connectivity index is 2.44. The minimum absolute atomic E-state index is 0.0207. The number of rotatable bonds is 3. The van der Waals surface area contributed by atoms with Crippen molar-refractivity contribution in [3.63, 3.8) is 0 Å². The summed E-state index contributed by atoms with van der Waals surface area (Å²) >= 11 is 8.05. The first-order valence-corrected chi connectivity index (χ1v) is 6.87. The average molecular weight is 393 g/mol. The van der Waals surface area contributed by atoms with Crippen LogP contribution < -0.4 is 5.73 Å². The predicted octanol–water partition coefficient (Wildman–Crippen LogP) is 3.36. The van der Waals surface area contributed by atoms with Crippen molar-refractivity contribution in [3.8, 4) is 11.5 Å². The second-order valence-corrected chi connectivity index (χ2v) is 5.18. The molecule has 0 spiro atoms. The highest BCUT2D eigenvalue weighted by Gasteiger charge is 2.21. The summed E-state index contributed by atoms with van der Waals surface area (Å²) in [4.78, 5) is 15.7. The third-order valence-corrected chi connectivity index (χ3v) is 3.46. The Morgan fingerprint density at radius 3 is 3.00 bits per heavy atom. The van der Waals surface area contributed by atoms with Gasteiger partial charge < -0.3 is 14.9 Å². The molecule has 0 bridgehead atoms. The van der Waals surface area contributed by atoms with E-state index in [0.717, 1.165) is 3.57 Å². The number of nitrogen functional groups attached to an aromatic ring is 1. The molecule has 0 fully saturated rings. The van der Waals surface area contributed by atoms with Crippen molar-refractivity contribution >= 4 is 46.0 Å². The number of nitrogens with two attached hydrogens (primary N) is 1. The molecule has 7 heteroatoms. The number of oxazole rings is 1. The van der Waals surface area contributed by atoms with Crippen molar-refractivity contribution in [2.75, 3.05) is 12.3 Å². The van der Waals surface area contributed by atoms with Gasteiger partial charge in [-0.15, -0.1) is 0 Å². The lowest BCUT2D eigenvalue weighted by Gasteiger charge is -1.99. The third-order valence-electron chi connectivity index (χ3n) is 2.28. The lowest BCUT2D eigenvalue weighted by molar-refractivity contribution is 0.0521. The number of nitrogens with zero attached hydrogens (tertiary/aromatic N) is 1. The number of halogens is 2. The second-order valence-electron chi connectivity index (χ2n) is 3.58. The summed E-state index contributed by atoms with van der Waals surface area (Å²) in [6, 6.07) is 5.28. The van der Waals surface area contributed by atoms with Crippen LogP contribution in [0.3, 0.4) is 0 Å². The highest BCUT2D eigenvalue weighted by molar-refractivity contribution is 14.1. The molecule has 0 radical (unpaired) electrons. The summed E-state index contributed by atoms with van der Waals surface area (Å²) in [6.07, 6.45) is 0. The Morgan fingerprint density at radius 1 is 1.58 bits per heavy atom. The Kier molecular flexibility index (Phi) is 4.31. The molecule has 2 N–H and O–H groups in total. The van der Waals surface area contributed by atoms with Crippen LogP contribution in [-0.2, 0) is 4.74 Å². The van der Waals surface area contributed by atoms with Crippen molar-refractivity contribution in [1.82, 2.24) is 4.98 Å². The van der Waals surface area contributed by atoms with Crippen molar-refractivity contribution in [3.05, 3.63) is 32.5 Å². The molecule has 0 atom stereocenters. The number of carbonyl (C=O) groups is 1. The Labute approximate surface area is 128 Å². The van der Waals surface area contributed by atoms with Gasteiger partial charge in [-0.1, -0.05) is 11.6 Å². The largest absolute Gasteiger partial charge is 0.461 e. The van der Waals surface area contributed by atoms with Crippen molar-refractivity contribution in [2.24, 2.45) is 0 Å². The molecule has 5 nitrogen and oxygen atoms in total. The highest BCUT2D eigenvalue weighted by Crippen LogP contribution is 2.30. The number of ether oxygens (including phenoxy) is 1. The first-order chi connectivity index (χ1) is 9.02. The standard InChI is InChI=1S/C12H10ClIN2O3/c1-2-18-12(17)9-10(15)19-11(16-9)7-5-6(13)3-4-8(7)14/h3-5H,2,15H2,1H3. The van der Waals surface area contributed by atoms with E-state index in [1.54, 1.807) is 19.1 Å². The quantitative estimate of drug-likeness (QED) is 0.640. The molecule has 1 aromatic carbocycles. The zero-order valence-corrected chi connectivity index (χ0v) is 12.9. The minimum atomic E-state index is -0.605. The van der Waals surface area contributed by atoms with E-state index < -0.39 is 5.97 Å². The average Bonchev–Trinajstić information content (AvgIpc) is 2.74. The molecule has 0 aliphatic heterocycles. The monoisotopic (exact) mass is 392 g/mol. The molecule has 2 rings (SSSR count). The van der Waals surface area contributed by atoms with Gasteiger partial charge >= 0.3 is 5.97 Å². The number of carbonyl (C=O) groups excluding carboxylic acids is 1. The molecule has 1 aromatic heterocycles. The van der Waals surface area contributed by atoms with Crippen LogP contribution >= 0.6 is 34.2 Å². The molecule has 100 valence electrons. The topological polar surface area (TPSA) is 78.3 Å². The van der Waals surface area contributed by atoms with Gasteiger partial charge in [0.15, 0.2) is 0 Å². The van der Waals surface area contributed by atoms with Gasteiger partial charge in [0, 0.05) is 8.59 Å². The lowest BCUT2D eigenvalue weighted by Crippen LogP contribution is -2.07. The second kappa shape index (κ2) is 5.79. The van der Waals surface area contributed by atoms with E-state index in [1.807, 2.05) is 6.07 Å². The van der Waals surface area contributed by atoms with Crippen LogP contribution in [0.15, 0.2) is 22.6 Å².